The summed E-state index contributed by atoms with van der Waals surface area (Å²) >= 11 is 4.61. The van der Waals surface area contributed by atoms with Crippen LogP contribution in [0.4, 0.5) is 0 Å². The second kappa shape index (κ2) is 5.99. The monoisotopic (exact) mass is 254 g/mol. The number of sulfonamides is 1. The van der Waals surface area contributed by atoms with Gasteiger partial charge in [0.2, 0.25) is 10.0 Å². The van der Waals surface area contributed by atoms with Crippen molar-refractivity contribution in [2.45, 2.75) is 18.6 Å². The molecule has 0 heterocycles. The molecule has 0 spiro atoms. The van der Waals surface area contributed by atoms with Crippen LogP contribution in [-0.2, 0) is 19.6 Å². The van der Waals surface area contributed by atoms with Crippen LogP contribution in [0.15, 0.2) is 0 Å². The van der Waals surface area contributed by atoms with Crippen LogP contribution < -0.4 is 10.5 Å². The van der Waals surface area contributed by atoms with E-state index < -0.39 is 27.8 Å². The topological polar surface area (TPSA) is 98.5 Å². The maximum Gasteiger partial charge on any atom is 0.320 e. The summed E-state index contributed by atoms with van der Waals surface area (Å²) in [6, 6.07) is 0. The molecule has 0 fully saturated rings. The molecule has 0 aromatic rings. The van der Waals surface area contributed by atoms with E-state index in [-0.39, 0.29) is 11.4 Å². The first-order valence-electron chi connectivity index (χ1n) is 4.19. The molecule has 88 valence electrons. The summed E-state index contributed by atoms with van der Waals surface area (Å²) in [6.45, 7) is 1.22. The molecule has 0 aliphatic rings. The van der Waals surface area contributed by atoms with Crippen molar-refractivity contribution >= 4 is 33.2 Å². The van der Waals surface area contributed by atoms with Crippen LogP contribution in [0.1, 0.15) is 13.3 Å². The molecule has 8 heteroatoms. The molecule has 1 atom stereocenters. The highest BCUT2D eigenvalue weighted by molar-refractivity contribution is 7.93. The van der Waals surface area contributed by atoms with Crippen molar-refractivity contribution in [2.75, 3.05) is 13.7 Å². The summed E-state index contributed by atoms with van der Waals surface area (Å²) in [5.74, 6) is -0.670. The summed E-state index contributed by atoms with van der Waals surface area (Å²) in [5, 5.41) is -0.961. The zero-order chi connectivity index (χ0) is 12.1. The predicted molar refractivity (Wildman–Crippen MR) is 59.8 cm³/mol. The Morgan fingerprint density at radius 1 is 1.60 bits per heavy atom. The fourth-order valence-electron chi connectivity index (χ4n) is 0.906. The molecular weight excluding hydrogens is 240 g/mol. The van der Waals surface area contributed by atoms with Crippen molar-refractivity contribution in [2.24, 2.45) is 5.73 Å². The van der Waals surface area contributed by atoms with Gasteiger partial charge in [-0.15, -0.1) is 0 Å². The number of nitrogens with two attached hydrogens (primary N) is 1. The molecule has 0 saturated carbocycles. The minimum absolute atomic E-state index is 0.116. The van der Waals surface area contributed by atoms with Gasteiger partial charge in [0.25, 0.3) is 0 Å². The highest BCUT2D eigenvalue weighted by Gasteiger charge is 2.26. The summed E-state index contributed by atoms with van der Waals surface area (Å²) in [7, 11) is -2.53. The van der Waals surface area contributed by atoms with Gasteiger partial charge in [-0.25, -0.2) is 13.1 Å². The van der Waals surface area contributed by atoms with Gasteiger partial charge in [-0.2, -0.15) is 0 Å². The van der Waals surface area contributed by atoms with E-state index in [1.165, 1.54) is 7.11 Å². The normalized spacial score (nSPS) is 13.2. The van der Waals surface area contributed by atoms with E-state index in [0.29, 0.717) is 0 Å². The average Bonchev–Trinajstić information content (AvgIpc) is 2.14. The zero-order valence-corrected chi connectivity index (χ0v) is 10.2. The number of nitrogens with one attached hydrogen (secondary N) is 1. The van der Waals surface area contributed by atoms with Gasteiger partial charge in [-0.3, -0.25) is 4.79 Å². The van der Waals surface area contributed by atoms with Crippen molar-refractivity contribution < 1.29 is 17.9 Å². The van der Waals surface area contributed by atoms with Gasteiger partial charge >= 0.3 is 5.97 Å². The van der Waals surface area contributed by atoms with Gasteiger partial charge in [-0.05, 0) is 6.42 Å². The first-order chi connectivity index (χ1) is 6.85. The van der Waals surface area contributed by atoms with E-state index in [1.807, 2.05) is 0 Å². The largest absolute Gasteiger partial charge is 0.468 e. The highest BCUT2D eigenvalue weighted by Crippen LogP contribution is 2.04. The third-order valence-corrected chi connectivity index (χ3v) is 4.02. The quantitative estimate of drug-likeness (QED) is 0.473. The number of esters is 1. The molecule has 1 unspecified atom stereocenters. The summed E-state index contributed by atoms with van der Waals surface area (Å²) < 4.78 is 29.4. The lowest BCUT2D eigenvalue weighted by Gasteiger charge is -2.14. The lowest BCUT2D eigenvalue weighted by atomic mass is 10.3. The second-order valence-electron chi connectivity index (χ2n) is 2.74. The van der Waals surface area contributed by atoms with Gasteiger partial charge in [0.05, 0.1) is 12.1 Å². The molecule has 0 rings (SSSR count). The van der Waals surface area contributed by atoms with Crippen molar-refractivity contribution in [1.29, 1.82) is 0 Å². The minimum atomic E-state index is -3.69. The maximum atomic E-state index is 11.5. The molecule has 0 aliphatic carbocycles. The SMILES string of the molecule is CCC(C(N)=S)S(=O)(=O)NCC(=O)OC. The highest BCUT2D eigenvalue weighted by atomic mass is 32.2. The smallest absolute Gasteiger partial charge is 0.320 e. The lowest BCUT2D eigenvalue weighted by Crippen LogP contribution is -2.43. The predicted octanol–water partition coefficient (Wildman–Crippen LogP) is -0.856. The first kappa shape index (κ1) is 14.3. The van der Waals surface area contributed by atoms with Crippen LogP contribution in [0.25, 0.3) is 0 Å². The zero-order valence-electron chi connectivity index (χ0n) is 8.52. The van der Waals surface area contributed by atoms with Crippen LogP contribution in [0.3, 0.4) is 0 Å². The Balaban J connectivity index is 4.54. The Kier molecular flexibility index (Phi) is 5.69. The number of rotatable bonds is 6. The molecule has 0 aromatic heterocycles. The fraction of sp³-hybridized carbons (Fsp3) is 0.714. The summed E-state index contributed by atoms with van der Waals surface area (Å²) in [5.41, 5.74) is 5.27. The molecular formula is C7H14N2O4S2. The molecule has 0 bridgehead atoms. The van der Waals surface area contributed by atoms with E-state index in [2.05, 4.69) is 21.7 Å². The van der Waals surface area contributed by atoms with Crippen LogP contribution >= 0.6 is 12.2 Å². The third-order valence-electron chi connectivity index (χ3n) is 1.71. The van der Waals surface area contributed by atoms with Crippen LogP contribution in [0.2, 0.25) is 0 Å². The molecule has 0 aliphatic heterocycles. The first-order valence-corrected chi connectivity index (χ1v) is 6.15. The van der Waals surface area contributed by atoms with Gasteiger partial charge in [-0.1, -0.05) is 19.1 Å². The third kappa shape index (κ3) is 4.54. The number of carbonyl (C=O) groups excluding carboxylic acids is 1. The molecule has 6 nitrogen and oxygen atoms in total. The van der Waals surface area contributed by atoms with Crippen LogP contribution in [-0.4, -0.2) is 38.3 Å². The van der Waals surface area contributed by atoms with Crippen molar-refractivity contribution in [3.05, 3.63) is 0 Å². The number of hydrogen-bond donors (Lipinski definition) is 2. The summed E-state index contributed by atoms with van der Waals surface area (Å²) in [4.78, 5) is 10.6. The Morgan fingerprint density at radius 2 is 2.13 bits per heavy atom. The number of ether oxygens (including phenoxy) is 1. The number of hydrogen-bond acceptors (Lipinski definition) is 5. The molecule has 0 saturated heterocycles. The van der Waals surface area contributed by atoms with Crippen molar-refractivity contribution in [1.82, 2.24) is 4.72 Å². The van der Waals surface area contributed by atoms with E-state index in [0.717, 1.165) is 0 Å². The number of thiocarbonyl (C=S) groups is 1. The Bertz CT molecular complexity index is 339. The molecule has 15 heavy (non-hydrogen) atoms. The van der Waals surface area contributed by atoms with E-state index >= 15 is 0 Å². The number of carbonyl (C=O) groups is 1. The Morgan fingerprint density at radius 3 is 2.47 bits per heavy atom. The fourth-order valence-corrected chi connectivity index (χ4v) is 2.72. The summed E-state index contributed by atoms with van der Waals surface area (Å²) in [6.07, 6.45) is 0.256. The standard InChI is InChI=1S/C7H14N2O4S2/c1-3-5(7(8)14)15(11,12)9-4-6(10)13-2/h5,9H,3-4H2,1-2H3,(H2,8,14). The van der Waals surface area contributed by atoms with Crippen molar-refractivity contribution in [3.8, 4) is 0 Å². The minimum Gasteiger partial charge on any atom is -0.468 e. The van der Waals surface area contributed by atoms with Gasteiger partial charge in [0, 0.05) is 0 Å². The van der Waals surface area contributed by atoms with Gasteiger partial charge in [0.1, 0.15) is 11.8 Å². The second-order valence-corrected chi connectivity index (χ2v) is 5.16. The van der Waals surface area contributed by atoms with E-state index in [9.17, 15) is 13.2 Å². The van der Waals surface area contributed by atoms with Gasteiger partial charge in [0.15, 0.2) is 0 Å². The Hall–Kier alpha value is -0.730. The molecule has 3 N–H and O–H groups in total. The lowest BCUT2D eigenvalue weighted by molar-refractivity contribution is -0.139. The average molecular weight is 254 g/mol. The van der Waals surface area contributed by atoms with E-state index in [1.54, 1.807) is 6.92 Å². The maximum absolute atomic E-state index is 11.5. The van der Waals surface area contributed by atoms with Crippen LogP contribution in [0.5, 0.6) is 0 Å². The van der Waals surface area contributed by atoms with Crippen LogP contribution in [0, 0.1) is 0 Å². The molecule has 0 radical (unpaired) electrons. The molecule has 0 aromatic carbocycles. The van der Waals surface area contributed by atoms with Gasteiger partial charge < -0.3 is 10.5 Å². The number of methoxy groups -OCH3 is 1. The van der Waals surface area contributed by atoms with Crippen molar-refractivity contribution in [3.63, 3.8) is 0 Å². The van der Waals surface area contributed by atoms with E-state index in [4.69, 9.17) is 5.73 Å². The molecule has 0 amide bonds. The Labute approximate surface area is 94.2 Å².